The Hall–Kier alpha value is -2.65. The molecule has 4 rings (SSSR count). The standard InChI is InChI=1S/C22H25F3N6.ClH/c1-14-19(15(2)29-28-14)16(3)30-10-12-31(13-11-30)21-20(26-8-9-27-21)17-4-6-18(7-5-17)22(23,24)25;/h4-9,16H,10-13H2,1-3H3,(H,28,29);1H. The predicted molar refractivity (Wildman–Crippen MR) is 120 cm³/mol. The lowest BCUT2D eigenvalue weighted by Crippen LogP contribution is -2.47. The van der Waals surface area contributed by atoms with E-state index in [4.69, 9.17) is 0 Å². The van der Waals surface area contributed by atoms with Crippen LogP contribution in [0.3, 0.4) is 0 Å². The second-order valence-corrected chi connectivity index (χ2v) is 7.85. The molecule has 3 heterocycles. The van der Waals surface area contributed by atoms with Gasteiger partial charge in [0.15, 0.2) is 5.82 Å². The van der Waals surface area contributed by atoms with E-state index >= 15 is 0 Å². The van der Waals surface area contributed by atoms with Crippen molar-refractivity contribution in [3.8, 4) is 11.3 Å². The lowest BCUT2D eigenvalue weighted by atomic mass is 10.0. The summed E-state index contributed by atoms with van der Waals surface area (Å²) in [6.07, 6.45) is -1.17. The molecule has 1 saturated heterocycles. The molecule has 0 radical (unpaired) electrons. The van der Waals surface area contributed by atoms with Gasteiger partial charge in [-0.05, 0) is 32.9 Å². The summed E-state index contributed by atoms with van der Waals surface area (Å²) in [5.41, 5.74) is 3.89. The fraction of sp³-hybridized carbons (Fsp3) is 0.409. The number of rotatable bonds is 4. The van der Waals surface area contributed by atoms with Gasteiger partial charge in [-0.3, -0.25) is 15.0 Å². The number of nitrogens with one attached hydrogen (secondary N) is 1. The summed E-state index contributed by atoms with van der Waals surface area (Å²) >= 11 is 0. The van der Waals surface area contributed by atoms with Crippen LogP contribution < -0.4 is 4.90 Å². The Labute approximate surface area is 191 Å². The third kappa shape index (κ3) is 4.73. The highest BCUT2D eigenvalue weighted by Crippen LogP contribution is 2.33. The first kappa shape index (κ1) is 24.0. The molecule has 1 aromatic carbocycles. The summed E-state index contributed by atoms with van der Waals surface area (Å²) in [5.74, 6) is 0.699. The topological polar surface area (TPSA) is 60.9 Å². The molecule has 3 aromatic rings. The molecule has 0 spiro atoms. The van der Waals surface area contributed by atoms with E-state index in [-0.39, 0.29) is 18.4 Å². The zero-order valence-electron chi connectivity index (χ0n) is 18.1. The summed E-state index contributed by atoms with van der Waals surface area (Å²) in [6.45, 7) is 9.44. The van der Waals surface area contributed by atoms with E-state index < -0.39 is 11.7 Å². The maximum absolute atomic E-state index is 12.9. The van der Waals surface area contributed by atoms with Crippen molar-refractivity contribution in [1.29, 1.82) is 0 Å². The van der Waals surface area contributed by atoms with E-state index in [1.165, 1.54) is 17.7 Å². The number of piperazine rings is 1. The van der Waals surface area contributed by atoms with Crippen molar-refractivity contribution < 1.29 is 13.2 Å². The Bertz CT molecular complexity index is 1020. The number of nitrogens with zero attached hydrogens (tertiary/aromatic N) is 5. The normalized spacial score (nSPS) is 16.0. The molecule has 1 unspecified atom stereocenters. The van der Waals surface area contributed by atoms with E-state index in [1.807, 2.05) is 13.8 Å². The van der Waals surface area contributed by atoms with Crippen LogP contribution in [0.25, 0.3) is 11.3 Å². The van der Waals surface area contributed by atoms with Crippen molar-refractivity contribution in [3.05, 3.63) is 59.2 Å². The van der Waals surface area contributed by atoms with Gasteiger partial charge in [-0.1, -0.05) is 12.1 Å². The van der Waals surface area contributed by atoms with Crippen LogP contribution in [0.1, 0.15) is 35.5 Å². The fourth-order valence-electron chi connectivity index (χ4n) is 4.26. The first-order valence-corrected chi connectivity index (χ1v) is 10.2. The summed E-state index contributed by atoms with van der Waals surface area (Å²) in [7, 11) is 0. The van der Waals surface area contributed by atoms with E-state index in [0.29, 0.717) is 17.1 Å². The Balaban J connectivity index is 0.00000289. The Kier molecular flexibility index (Phi) is 7.09. The number of aromatic amines is 1. The fourth-order valence-corrected chi connectivity index (χ4v) is 4.26. The molecule has 32 heavy (non-hydrogen) atoms. The van der Waals surface area contributed by atoms with Gasteiger partial charge in [0.05, 0.1) is 11.3 Å². The van der Waals surface area contributed by atoms with Crippen molar-refractivity contribution >= 4 is 18.2 Å². The summed E-state index contributed by atoms with van der Waals surface area (Å²) in [4.78, 5) is 13.5. The molecule has 0 amide bonds. The second-order valence-electron chi connectivity index (χ2n) is 7.85. The molecule has 1 aliphatic rings. The monoisotopic (exact) mass is 466 g/mol. The number of H-pyrrole nitrogens is 1. The lowest BCUT2D eigenvalue weighted by molar-refractivity contribution is -0.137. The Morgan fingerprint density at radius 2 is 1.59 bits per heavy atom. The highest BCUT2D eigenvalue weighted by atomic mass is 35.5. The van der Waals surface area contributed by atoms with Crippen LogP contribution >= 0.6 is 12.4 Å². The van der Waals surface area contributed by atoms with Gasteiger partial charge < -0.3 is 4.90 Å². The maximum Gasteiger partial charge on any atom is 0.416 e. The number of aryl methyl sites for hydroxylation is 2. The average Bonchev–Trinajstić information content (AvgIpc) is 3.11. The Morgan fingerprint density at radius 1 is 0.969 bits per heavy atom. The van der Waals surface area contributed by atoms with E-state index in [9.17, 15) is 13.2 Å². The van der Waals surface area contributed by atoms with Crippen LogP contribution in [-0.4, -0.2) is 51.2 Å². The first-order chi connectivity index (χ1) is 14.8. The molecular formula is C22H26ClF3N6. The van der Waals surface area contributed by atoms with E-state index in [1.54, 1.807) is 12.4 Å². The second kappa shape index (κ2) is 9.46. The third-order valence-corrected chi connectivity index (χ3v) is 5.93. The molecule has 1 atom stereocenters. The number of hydrogen-bond acceptors (Lipinski definition) is 5. The highest BCUT2D eigenvalue weighted by molar-refractivity contribution is 5.85. The largest absolute Gasteiger partial charge is 0.416 e. The van der Waals surface area contributed by atoms with Gasteiger partial charge in [-0.15, -0.1) is 12.4 Å². The molecule has 0 saturated carbocycles. The average molecular weight is 467 g/mol. The van der Waals surface area contributed by atoms with Crippen molar-refractivity contribution in [1.82, 2.24) is 25.1 Å². The number of halogens is 4. The smallest absolute Gasteiger partial charge is 0.352 e. The molecule has 1 N–H and O–H groups in total. The van der Waals surface area contributed by atoms with Gasteiger partial charge >= 0.3 is 6.18 Å². The maximum atomic E-state index is 12.9. The van der Waals surface area contributed by atoms with Crippen molar-refractivity contribution in [2.24, 2.45) is 0 Å². The highest BCUT2D eigenvalue weighted by Gasteiger charge is 2.31. The zero-order valence-corrected chi connectivity index (χ0v) is 19.0. The van der Waals surface area contributed by atoms with Crippen LogP contribution in [0.4, 0.5) is 19.0 Å². The molecule has 1 aliphatic heterocycles. The minimum atomic E-state index is -4.36. The van der Waals surface area contributed by atoms with Gasteiger partial charge in [-0.2, -0.15) is 18.3 Å². The number of benzene rings is 1. The van der Waals surface area contributed by atoms with Gasteiger partial charge in [0.25, 0.3) is 0 Å². The number of alkyl halides is 3. The summed E-state index contributed by atoms with van der Waals surface area (Å²) < 4.78 is 38.7. The molecule has 10 heteroatoms. The van der Waals surface area contributed by atoms with E-state index in [0.717, 1.165) is 49.7 Å². The van der Waals surface area contributed by atoms with Crippen LogP contribution in [0.15, 0.2) is 36.7 Å². The minimum Gasteiger partial charge on any atom is -0.352 e. The van der Waals surface area contributed by atoms with Gasteiger partial charge in [0.1, 0.15) is 5.69 Å². The molecule has 2 aromatic heterocycles. The number of hydrogen-bond donors (Lipinski definition) is 1. The van der Waals surface area contributed by atoms with Gasteiger partial charge in [0, 0.05) is 61.4 Å². The molecule has 0 bridgehead atoms. The molecular weight excluding hydrogens is 441 g/mol. The van der Waals surface area contributed by atoms with Crippen molar-refractivity contribution in [2.45, 2.75) is 33.0 Å². The van der Waals surface area contributed by atoms with Crippen LogP contribution in [0, 0.1) is 13.8 Å². The molecule has 0 aliphatic carbocycles. The summed E-state index contributed by atoms with van der Waals surface area (Å²) in [5, 5.41) is 7.36. The van der Waals surface area contributed by atoms with Gasteiger partial charge in [0.2, 0.25) is 0 Å². The van der Waals surface area contributed by atoms with Crippen LogP contribution in [0.5, 0.6) is 0 Å². The summed E-state index contributed by atoms with van der Waals surface area (Å²) in [6, 6.07) is 5.33. The van der Waals surface area contributed by atoms with Gasteiger partial charge in [-0.25, -0.2) is 4.98 Å². The molecule has 1 fully saturated rings. The van der Waals surface area contributed by atoms with Crippen LogP contribution in [0.2, 0.25) is 0 Å². The van der Waals surface area contributed by atoms with E-state index in [2.05, 4.69) is 36.9 Å². The zero-order chi connectivity index (χ0) is 22.2. The number of aromatic nitrogens is 4. The van der Waals surface area contributed by atoms with Crippen LogP contribution in [-0.2, 0) is 6.18 Å². The Morgan fingerprint density at radius 3 is 2.16 bits per heavy atom. The lowest BCUT2D eigenvalue weighted by Gasteiger charge is -2.39. The SMILES string of the molecule is Cc1n[nH]c(C)c1C(C)N1CCN(c2nccnc2-c2ccc(C(F)(F)F)cc2)CC1.Cl. The van der Waals surface area contributed by atoms with Crippen molar-refractivity contribution in [2.75, 3.05) is 31.1 Å². The molecule has 172 valence electrons. The quantitative estimate of drug-likeness (QED) is 0.598. The van der Waals surface area contributed by atoms with Crippen molar-refractivity contribution in [3.63, 3.8) is 0 Å². The third-order valence-electron chi connectivity index (χ3n) is 5.93. The predicted octanol–water partition coefficient (Wildman–Crippen LogP) is 4.81. The molecule has 6 nitrogen and oxygen atoms in total. The number of anilines is 1. The minimum absolute atomic E-state index is 0. The first-order valence-electron chi connectivity index (χ1n) is 10.2.